The molecular formula is C18H30N4O. The average Bonchev–Trinajstić information content (AvgIpc) is 2.46. The predicted molar refractivity (Wildman–Crippen MR) is 93.5 cm³/mol. The Labute approximate surface area is 139 Å². The maximum Gasteiger partial charge on any atom is 0.222 e. The summed E-state index contributed by atoms with van der Waals surface area (Å²) in [5, 5.41) is 3.53. The molecule has 0 atom stereocenters. The molecule has 2 rings (SSSR count). The van der Waals surface area contributed by atoms with Gasteiger partial charge < -0.3 is 10.2 Å². The summed E-state index contributed by atoms with van der Waals surface area (Å²) in [4.78, 5) is 23.2. The second-order valence-corrected chi connectivity index (χ2v) is 7.30. The fourth-order valence-corrected chi connectivity index (χ4v) is 2.88. The Hall–Kier alpha value is -1.65. The quantitative estimate of drug-likeness (QED) is 0.904. The summed E-state index contributed by atoms with van der Waals surface area (Å²) in [6.07, 6.45) is 2.61. The fraction of sp³-hybridized carbons (Fsp3) is 0.722. The Kier molecular flexibility index (Phi) is 5.97. The van der Waals surface area contributed by atoms with E-state index in [0.717, 1.165) is 43.3 Å². The zero-order chi connectivity index (χ0) is 17.0. The smallest absolute Gasteiger partial charge is 0.222 e. The standard InChI is InChI=1S/C18H30N4O/c1-12(2)10-17(23)22-8-6-15(7-9-22)20-16-11-14(5)19-18(21-16)13(3)4/h11-13,15H,6-10H2,1-5H3,(H,19,20,21). The Morgan fingerprint density at radius 2 is 1.91 bits per heavy atom. The molecule has 1 N–H and O–H groups in total. The lowest BCUT2D eigenvalue weighted by Crippen LogP contribution is -2.42. The average molecular weight is 318 g/mol. The van der Waals surface area contributed by atoms with E-state index in [0.29, 0.717) is 30.2 Å². The minimum absolute atomic E-state index is 0.290. The molecule has 1 aromatic rings. The third kappa shape index (κ3) is 5.19. The number of aromatic nitrogens is 2. The monoisotopic (exact) mass is 318 g/mol. The van der Waals surface area contributed by atoms with Gasteiger partial charge in [0.1, 0.15) is 11.6 Å². The van der Waals surface area contributed by atoms with Crippen LogP contribution >= 0.6 is 0 Å². The number of likely N-dealkylation sites (tertiary alicyclic amines) is 1. The molecule has 1 fully saturated rings. The number of nitrogens with zero attached hydrogens (tertiary/aromatic N) is 3. The van der Waals surface area contributed by atoms with E-state index in [4.69, 9.17) is 0 Å². The summed E-state index contributed by atoms with van der Waals surface area (Å²) >= 11 is 0. The van der Waals surface area contributed by atoms with Gasteiger partial charge in [0.25, 0.3) is 0 Å². The van der Waals surface area contributed by atoms with Gasteiger partial charge in [-0.25, -0.2) is 9.97 Å². The molecule has 0 unspecified atom stereocenters. The summed E-state index contributed by atoms with van der Waals surface area (Å²) in [6, 6.07) is 2.38. The van der Waals surface area contributed by atoms with Crippen LogP contribution in [0.5, 0.6) is 0 Å². The topological polar surface area (TPSA) is 58.1 Å². The van der Waals surface area contributed by atoms with Crippen LogP contribution in [-0.4, -0.2) is 39.9 Å². The predicted octanol–water partition coefficient (Wildman–Crippen LogP) is 3.36. The van der Waals surface area contributed by atoms with Gasteiger partial charge in [0, 0.05) is 43.2 Å². The molecule has 1 aromatic heterocycles. The van der Waals surface area contributed by atoms with Crippen molar-refractivity contribution in [3.63, 3.8) is 0 Å². The molecule has 1 saturated heterocycles. The third-order valence-corrected chi connectivity index (χ3v) is 4.17. The molecule has 0 bridgehead atoms. The summed E-state index contributed by atoms with van der Waals surface area (Å²) < 4.78 is 0. The number of piperidine rings is 1. The zero-order valence-electron chi connectivity index (χ0n) is 15.1. The summed E-state index contributed by atoms with van der Waals surface area (Å²) in [7, 11) is 0. The van der Waals surface area contributed by atoms with Crippen LogP contribution in [0.15, 0.2) is 6.07 Å². The molecule has 0 aliphatic carbocycles. The summed E-state index contributed by atoms with van der Waals surface area (Å²) in [6.45, 7) is 12.1. The first-order valence-corrected chi connectivity index (χ1v) is 8.75. The highest BCUT2D eigenvalue weighted by molar-refractivity contribution is 5.76. The lowest BCUT2D eigenvalue weighted by atomic mass is 10.0. The van der Waals surface area contributed by atoms with E-state index in [1.54, 1.807) is 0 Å². The van der Waals surface area contributed by atoms with Crippen LogP contribution in [0.2, 0.25) is 0 Å². The second-order valence-electron chi connectivity index (χ2n) is 7.30. The van der Waals surface area contributed by atoms with Crippen LogP contribution in [-0.2, 0) is 4.79 Å². The Balaban J connectivity index is 1.90. The number of carbonyl (C=O) groups excluding carboxylic acids is 1. The highest BCUT2D eigenvalue weighted by Crippen LogP contribution is 2.19. The largest absolute Gasteiger partial charge is 0.367 e. The molecule has 0 aromatic carbocycles. The van der Waals surface area contributed by atoms with E-state index in [-0.39, 0.29) is 0 Å². The van der Waals surface area contributed by atoms with Crippen molar-refractivity contribution in [1.82, 2.24) is 14.9 Å². The van der Waals surface area contributed by atoms with Gasteiger partial charge in [-0.1, -0.05) is 27.7 Å². The molecule has 23 heavy (non-hydrogen) atoms. The molecular weight excluding hydrogens is 288 g/mol. The normalized spacial score (nSPS) is 16.2. The highest BCUT2D eigenvalue weighted by atomic mass is 16.2. The number of rotatable bonds is 5. The van der Waals surface area contributed by atoms with Crippen LogP contribution in [0.4, 0.5) is 5.82 Å². The van der Waals surface area contributed by atoms with Gasteiger partial charge in [-0.05, 0) is 25.7 Å². The Bertz CT molecular complexity index is 534. The molecule has 5 nitrogen and oxygen atoms in total. The molecule has 0 spiro atoms. The van der Waals surface area contributed by atoms with Gasteiger partial charge in [0.05, 0.1) is 0 Å². The number of amides is 1. The number of nitrogens with one attached hydrogen (secondary N) is 1. The molecule has 128 valence electrons. The van der Waals surface area contributed by atoms with Gasteiger partial charge in [0.15, 0.2) is 0 Å². The van der Waals surface area contributed by atoms with Crippen molar-refractivity contribution < 1.29 is 4.79 Å². The van der Waals surface area contributed by atoms with Crippen LogP contribution < -0.4 is 5.32 Å². The third-order valence-electron chi connectivity index (χ3n) is 4.17. The summed E-state index contributed by atoms with van der Waals surface area (Å²) in [5.74, 6) is 2.84. The van der Waals surface area contributed by atoms with Gasteiger partial charge in [-0.3, -0.25) is 4.79 Å². The lowest BCUT2D eigenvalue weighted by molar-refractivity contribution is -0.132. The van der Waals surface area contributed by atoms with E-state index in [1.165, 1.54) is 0 Å². The van der Waals surface area contributed by atoms with Crippen molar-refractivity contribution in [3.8, 4) is 0 Å². The first-order valence-electron chi connectivity index (χ1n) is 8.75. The van der Waals surface area contributed by atoms with Crippen LogP contribution in [0.1, 0.15) is 64.4 Å². The van der Waals surface area contributed by atoms with Crippen LogP contribution in [0.3, 0.4) is 0 Å². The molecule has 2 heterocycles. The fourth-order valence-electron chi connectivity index (χ4n) is 2.88. The van der Waals surface area contributed by atoms with E-state index >= 15 is 0 Å². The van der Waals surface area contributed by atoms with Gasteiger partial charge in [-0.15, -0.1) is 0 Å². The van der Waals surface area contributed by atoms with Gasteiger partial charge in [-0.2, -0.15) is 0 Å². The molecule has 1 amide bonds. The second kappa shape index (κ2) is 7.75. The first kappa shape index (κ1) is 17.7. The van der Waals surface area contributed by atoms with E-state index < -0.39 is 0 Å². The number of carbonyl (C=O) groups is 1. The van der Waals surface area contributed by atoms with Crippen molar-refractivity contribution >= 4 is 11.7 Å². The van der Waals surface area contributed by atoms with Gasteiger partial charge in [0.2, 0.25) is 5.91 Å². The maximum absolute atomic E-state index is 12.1. The van der Waals surface area contributed by atoms with Crippen LogP contribution in [0.25, 0.3) is 0 Å². The van der Waals surface area contributed by atoms with Crippen molar-refractivity contribution in [3.05, 3.63) is 17.6 Å². The number of hydrogen-bond acceptors (Lipinski definition) is 4. The Morgan fingerprint density at radius 3 is 2.48 bits per heavy atom. The minimum Gasteiger partial charge on any atom is -0.367 e. The summed E-state index contributed by atoms with van der Waals surface area (Å²) in [5.41, 5.74) is 0.996. The van der Waals surface area contributed by atoms with E-state index in [2.05, 4.69) is 43.0 Å². The highest BCUT2D eigenvalue weighted by Gasteiger charge is 2.23. The zero-order valence-corrected chi connectivity index (χ0v) is 15.1. The lowest BCUT2D eigenvalue weighted by Gasteiger charge is -2.33. The van der Waals surface area contributed by atoms with Crippen molar-refractivity contribution in [2.75, 3.05) is 18.4 Å². The van der Waals surface area contributed by atoms with Crippen molar-refractivity contribution in [2.45, 2.75) is 65.8 Å². The van der Waals surface area contributed by atoms with E-state index in [9.17, 15) is 4.79 Å². The SMILES string of the molecule is Cc1cc(NC2CCN(C(=O)CC(C)C)CC2)nc(C(C)C)n1. The Morgan fingerprint density at radius 1 is 1.26 bits per heavy atom. The molecule has 1 aliphatic heterocycles. The molecule has 0 radical (unpaired) electrons. The maximum atomic E-state index is 12.1. The van der Waals surface area contributed by atoms with Crippen molar-refractivity contribution in [2.24, 2.45) is 5.92 Å². The molecule has 0 saturated carbocycles. The number of hydrogen-bond donors (Lipinski definition) is 1. The first-order chi connectivity index (χ1) is 10.8. The van der Waals surface area contributed by atoms with Crippen LogP contribution in [0, 0.1) is 12.8 Å². The number of anilines is 1. The molecule has 1 aliphatic rings. The minimum atomic E-state index is 0.290. The van der Waals surface area contributed by atoms with E-state index in [1.807, 2.05) is 17.9 Å². The number of aryl methyl sites for hydroxylation is 1. The van der Waals surface area contributed by atoms with Crippen molar-refractivity contribution in [1.29, 1.82) is 0 Å². The molecule has 5 heteroatoms. The van der Waals surface area contributed by atoms with Gasteiger partial charge >= 0.3 is 0 Å².